The van der Waals surface area contributed by atoms with Crippen LogP contribution >= 0.6 is 0 Å². The highest BCUT2D eigenvalue weighted by molar-refractivity contribution is 5.94. The minimum absolute atomic E-state index is 0.0405. The van der Waals surface area contributed by atoms with Gasteiger partial charge >= 0.3 is 0 Å². The highest BCUT2D eigenvalue weighted by Gasteiger charge is 2.40. The maximum absolute atomic E-state index is 14.3. The number of likely N-dealkylation sites (N-methyl/N-ethyl adjacent to an activating group) is 1. The van der Waals surface area contributed by atoms with Gasteiger partial charge in [-0.1, -0.05) is 143 Å². The highest BCUT2D eigenvalue weighted by atomic mass is 16.7. The average molecular weight is 724 g/mol. The van der Waals surface area contributed by atoms with Crippen LogP contribution in [0.4, 0.5) is 0 Å². The number of hydroxylamine groups is 2. The van der Waals surface area contributed by atoms with E-state index in [2.05, 4.69) is 145 Å². The van der Waals surface area contributed by atoms with Crippen LogP contribution in [0.5, 0.6) is 0 Å². The Morgan fingerprint density at radius 1 is 0.815 bits per heavy atom. The number of hydrogen-bond acceptors (Lipinski definition) is 5. The van der Waals surface area contributed by atoms with Crippen LogP contribution in [0, 0.1) is 11.8 Å². The highest BCUT2D eigenvalue weighted by Crippen LogP contribution is 2.41. The fourth-order valence-electron chi connectivity index (χ4n) is 9.00. The standard InChI is InChI=1S/C47H57N5O2/c1-46(2,3)38-27-25-35(26-28-38)45(53)52-32-37-18-16-15-17-36(37)29-43(52)31-48-44(50(4)54-5)30-42-33-51(34-49-42)47(39-19-9-6-10-20-39,40-21-11-7-12-22-40)41-23-13-8-14-24-41/h6-14,19-28,33-34,36-37,43-44,48H,15-18,29-32H2,1-5H3/t36-,37-,43+,44?/m1/s1. The van der Waals surface area contributed by atoms with Gasteiger partial charge in [-0.2, -0.15) is 5.06 Å². The van der Waals surface area contributed by atoms with Crippen molar-refractivity contribution in [2.75, 3.05) is 27.2 Å². The number of benzene rings is 4. The second-order valence-electron chi connectivity index (χ2n) is 16.4. The number of carbonyl (C=O) groups is 1. The Labute approximate surface area is 322 Å². The van der Waals surface area contributed by atoms with E-state index in [1.807, 2.05) is 30.6 Å². The Bertz CT molecular complexity index is 1840. The van der Waals surface area contributed by atoms with Gasteiger partial charge in [-0.15, -0.1) is 0 Å². The lowest BCUT2D eigenvalue weighted by Crippen LogP contribution is -2.56. The first-order valence-electron chi connectivity index (χ1n) is 19.8. The third-order valence-electron chi connectivity index (χ3n) is 12.1. The van der Waals surface area contributed by atoms with Gasteiger partial charge in [0.25, 0.3) is 5.91 Å². The summed E-state index contributed by atoms with van der Waals surface area (Å²) in [6.07, 6.45) is 10.7. The second-order valence-corrected chi connectivity index (χ2v) is 16.4. The molecule has 1 aromatic heterocycles. The predicted molar refractivity (Wildman–Crippen MR) is 217 cm³/mol. The molecule has 1 saturated heterocycles. The van der Waals surface area contributed by atoms with Crippen LogP contribution in [0.1, 0.15) is 91.2 Å². The molecule has 1 aliphatic heterocycles. The average Bonchev–Trinajstić information content (AvgIpc) is 3.68. The van der Waals surface area contributed by atoms with Crippen molar-refractivity contribution in [2.24, 2.45) is 11.8 Å². The van der Waals surface area contributed by atoms with E-state index in [0.29, 0.717) is 24.8 Å². The first-order chi connectivity index (χ1) is 26.2. The molecule has 282 valence electrons. The molecular weight excluding hydrogens is 667 g/mol. The van der Waals surface area contributed by atoms with Crippen molar-refractivity contribution < 1.29 is 9.63 Å². The fraction of sp³-hybridized carbons (Fsp3) is 0.404. The summed E-state index contributed by atoms with van der Waals surface area (Å²) in [5, 5.41) is 5.73. The Balaban J connectivity index is 1.16. The molecule has 7 rings (SSSR count). The molecule has 7 heteroatoms. The number of aromatic nitrogens is 2. The zero-order chi connectivity index (χ0) is 37.7. The van der Waals surface area contributed by atoms with Gasteiger partial charge in [0.1, 0.15) is 5.54 Å². The summed E-state index contributed by atoms with van der Waals surface area (Å²) in [6, 6.07) is 40.5. The Kier molecular flexibility index (Phi) is 11.5. The van der Waals surface area contributed by atoms with Crippen molar-refractivity contribution in [1.82, 2.24) is 24.8 Å². The fourth-order valence-corrected chi connectivity index (χ4v) is 9.00. The van der Waals surface area contributed by atoms with Crippen LogP contribution in [0.25, 0.3) is 0 Å². The lowest BCUT2D eigenvalue weighted by Gasteiger charge is -2.47. The van der Waals surface area contributed by atoms with Crippen LogP contribution < -0.4 is 5.32 Å². The van der Waals surface area contributed by atoms with Crippen molar-refractivity contribution in [1.29, 1.82) is 0 Å². The number of piperidine rings is 1. The molecule has 7 nitrogen and oxygen atoms in total. The summed E-state index contributed by atoms with van der Waals surface area (Å²) in [5.74, 6) is 1.38. The van der Waals surface area contributed by atoms with E-state index in [1.165, 1.54) is 31.2 Å². The molecule has 5 aromatic rings. The number of likely N-dealkylation sites (tertiary alicyclic amines) is 1. The van der Waals surface area contributed by atoms with Gasteiger partial charge in [-0.25, -0.2) is 4.98 Å². The van der Waals surface area contributed by atoms with Crippen LogP contribution in [0.3, 0.4) is 0 Å². The van der Waals surface area contributed by atoms with Gasteiger partial charge in [-0.05, 0) is 64.5 Å². The molecule has 1 unspecified atom stereocenters. The molecule has 4 atom stereocenters. The van der Waals surface area contributed by atoms with E-state index < -0.39 is 5.54 Å². The smallest absolute Gasteiger partial charge is 0.254 e. The maximum Gasteiger partial charge on any atom is 0.254 e. The molecule has 2 heterocycles. The van der Waals surface area contributed by atoms with Gasteiger partial charge in [0, 0.05) is 44.4 Å². The number of fused-ring (bicyclic) bond motifs is 1. The summed E-state index contributed by atoms with van der Waals surface area (Å²) < 4.78 is 2.27. The van der Waals surface area contributed by atoms with Gasteiger partial charge in [0.05, 0.1) is 25.3 Å². The zero-order valence-electron chi connectivity index (χ0n) is 32.7. The van der Waals surface area contributed by atoms with Crippen LogP contribution in [-0.2, 0) is 22.2 Å². The zero-order valence-corrected chi connectivity index (χ0v) is 32.7. The largest absolute Gasteiger partial charge is 0.334 e. The summed E-state index contributed by atoms with van der Waals surface area (Å²) >= 11 is 0. The maximum atomic E-state index is 14.3. The number of amides is 1. The van der Waals surface area contributed by atoms with Gasteiger partial charge in [0.15, 0.2) is 0 Å². The topological polar surface area (TPSA) is 62.6 Å². The third-order valence-corrected chi connectivity index (χ3v) is 12.1. The van der Waals surface area contributed by atoms with E-state index >= 15 is 0 Å². The first kappa shape index (κ1) is 37.7. The number of rotatable bonds is 12. The Morgan fingerprint density at radius 2 is 1.37 bits per heavy atom. The second kappa shape index (κ2) is 16.4. The minimum Gasteiger partial charge on any atom is -0.334 e. The Morgan fingerprint density at radius 3 is 1.91 bits per heavy atom. The molecule has 0 bridgehead atoms. The van der Waals surface area contributed by atoms with E-state index in [0.717, 1.165) is 40.9 Å². The number of hydrogen-bond donors (Lipinski definition) is 1. The normalized spacial score (nSPS) is 19.7. The summed E-state index contributed by atoms with van der Waals surface area (Å²) in [6.45, 7) is 8.14. The van der Waals surface area contributed by atoms with Crippen LogP contribution in [0.15, 0.2) is 128 Å². The van der Waals surface area contributed by atoms with Crippen molar-refractivity contribution in [3.8, 4) is 0 Å². The van der Waals surface area contributed by atoms with Gasteiger partial charge < -0.3 is 14.3 Å². The predicted octanol–water partition coefficient (Wildman–Crippen LogP) is 8.69. The SMILES string of the molecule is CON(C)C(Cc1cn(C(c2ccccc2)(c2ccccc2)c2ccccc2)cn1)NC[C@@H]1C[C@H]2CCCC[C@@H]2CN1C(=O)c1ccc(C(C)(C)C)cc1. The Hall–Kier alpha value is -4.56. The first-order valence-corrected chi connectivity index (χ1v) is 19.8. The van der Waals surface area contributed by atoms with Crippen molar-refractivity contribution in [3.05, 3.63) is 161 Å². The van der Waals surface area contributed by atoms with E-state index in [4.69, 9.17) is 9.82 Å². The van der Waals surface area contributed by atoms with Gasteiger partial charge in [-0.3, -0.25) is 10.1 Å². The molecule has 1 amide bonds. The number of imidazole rings is 1. The molecule has 1 aliphatic carbocycles. The molecular formula is C47H57N5O2. The molecule has 54 heavy (non-hydrogen) atoms. The number of carbonyl (C=O) groups excluding carboxylic acids is 1. The molecule has 2 fully saturated rings. The summed E-state index contributed by atoms with van der Waals surface area (Å²) in [4.78, 5) is 27.3. The monoisotopic (exact) mass is 723 g/mol. The molecule has 4 aromatic carbocycles. The summed E-state index contributed by atoms with van der Waals surface area (Å²) in [7, 11) is 3.68. The van der Waals surface area contributed by atoms with Crippen LogP contribution in [-0.4, -0.2) is 64.9 Å². The van der Waals surface area contributed by atoms with Crippen molar-refractivity contribution >= 4 is 5.91 Å². The molecule has 1 saturated carbocycles. The van der Waals surface area contributed by atoms with E-state index in [-0.39, 0.29) is 23.5 Å². The lowest BCUT2D eigenvalue weighted by atomic mass is 9.72. The summed E-state index contributed by atoms with van der Waals surface area (Å²) in [5.41, 5.74) is 5.85. The van der Waals surface area contributed by atoms with Gasteiger partial charge in [0.2, 0.25) is 0 Å². The molecule has 2 aliphatic rings. The molecule has 1 N–H and O–H groups in total. The number of nitrogens with zero attached hydrogens (tertiary/aromatic N) is 4. The minimum atomic E-state index is -0.629. The number of nitrogens with one attached hydrogen (secondary N) is 1. The van der Waals surface area contributed by atoms with Crippen molar-refractivity contribution in [2.45, 2.75) is 82.5 Å². The lowest BCUT2D eigenvalue weighted by molar-refractivity contribution is -0.149. The van der Waals surface area contributed by atoms with Crippen LogP contribution in [0.2, 0.25) is 0 Å². The van der Waals surface area contributed by atoms with Crippen molar-refractivity contribution in [3.63, 3.8) is 0 Å². The quantitative estimate of drug-likeness (QED) is 0.0793. The van der Waals surface area contributed by atoms with E-state index in [9.17, 15) is 4.79 Å². The van der Waals surface area contributed by atoms with E-state index in [1.54, 1.807) is 7.11 Å². The third kappa shape index (κ3) is 7.81. The molecule has 0 spiro atoms. The molecule has 0 radical (unpaired) electrons.